The van der Waals surface area contributed by atoms with Crippen LogP contribution in [-0.2, 0) is 9.53 Å². The first-order valence-corrected chi connectivity index (χ1v) is 12.2. The first-order chi connectivity index (χ1) is 14.3. The average Bonchev–Trinajstić information content (AvgIpc) is 3.05. The first-order valence-electron chi connectivity index (χ1n) is 12.2. The van der Waals surface area contributed by atoms with Gasteiger partial charge in [0.1, 0.15) is 0 Å². The van der Waals surface area contributed by atoms with Crippen LogP contribution in [0.25, 0.3) is 0 Å². The first kappa shape index (κ1) is 23.5. The van der Waals surface area contributed by atoms with Gasteiger partial charge in [0.15, 0.2) is 0 Å². The molecular weight excluding hydrogens is 376 g/mol. The molecule has 0 amide bonds. The molecule has 0 unspecified atom stereocenters. The Bertz CT molecular complexity index is 666. The second-order valence-corrected chi connectivity index (χ2v) is 10.3. The highest BCUT2D eigenvalue weighted by Gasteiger charge is 2.50. The lowest BCUT2D eigenvalue weighted by atomic mass is 9.60. The van der Waals surface area contributed by atoms with Crippen molar-refractivity contribution in [1.82, 2.24) is 0 Å². The smallest absolute Gasteiger partial charge is 0.305 e. The molecule has 3 saturated carbocycles. The Morgan fingerprint density at radius 3 is 2.73 bits per heavy atom. The van der Waals surface area contributed by atoms with Crippen molar-refractivity contribution in [3.63, 3.8) is 0 Å². The Balaban J connectivity index is 1.70. The monoisotopic (exact) mass is 418 g/mol. The van der Waals surface area contributed by atoms with E-state index in [-0.39, 0.29) is 11.9 Å². The zero-order chi connectivity index (χ0) is 21.9. The Labute approximate surface area is 182 Å². The fourth-order valence-corrected chi connectivity index (χ4v) is 6.70. The zero-order valence-electron chi connectivity index (χ0n) is 19.4. The number of hydrogen-bond donors (Lipinski definition) is 2. The number of ether oxygens (including phenoxy) is 1. The standard InChI is InChI=1S/C26H42O4/c1-5-30-25(29)13-8-17(2)22-11-12-23-19(7-6-14-26(22,23)4)9-10-20-15-21(27)16-24(28)18(20)3/h9-10,17-18,21-24,27-28H,5-8,11-16H2,1-4H3/b19-9+,20-10-/t17-,18-,21-,22-,23+,24+,26-/m1/s1. The van der Waals surface area contributed by atoms with Crippen molar-refractivity contribution in [2.45, 2.75) is 97.7 Å². The minimum absolute atomic E-state index is 0.0640. The predicted molar refractivity (Wildman–Crippen MR) is 120 cm³/mol. The molecule has 0 radical (unpaired) electrons. The summed E-state index contributed by atoms with van der Waals surface area (Å²) in [7, 11) is 0. The number of fused-ring (bicyclic) bond motifs is 1. The van der Waals surface area contributed by atoms with Gasteiger partial charge in [0.2, 0.25) is 0 Å². The van der Waals surface area contributed by atoms with E-state index in [0.717, 1.165) is 12.8 Å². The van der Waals surface area contributed by atoms with Crippen LogP contribution < -0.4 is 0 Å². The van der Waals surface area contributed by atoms with E-state index in [4.69, 9.17) is 4.74 Å². The van der Waals surface area contributed by atoms with Crippen LogP contribution in [0.3, 0.4) is 0 Å². The van der Waals surface area contributed by atoms with Gasteiger partial charge in [-0.15, -0.1) is 0 Å². The number of esters is 1. The molecule has 30 heavy (non-hydrogen) atoms. The molecule has 0 aromatic rings. The summed E-state index contributed by atoms with van der Waals surface area (Å²) < 4.78 is 5.13. The number of aliphatic hydroxyl groups excluding tert-OH is 2. The second-order valence-electron chi connectivity index (χ2n) is 10.3. The van der Waals surface area contributed by atoms with E-state index < -0.39 is 12.2 Å². The maximum Gasteiger partial charge on any atom is 0.305 e. The largest absolute Gasteiger partial charge is 0.466 e. The van der Waals surface area contributed by atoms with Crippen LogP contribution >= 0.6 is 0 Å². The van der Waals surface area contributed by atoms with E-state index in [9.17, 15) is 15.0 Å². The van der Waals surface area contributed by atoms with Crippen molar-refractivity contribution in [1.29, 1.82) is 0 Å². The molecule has 0 heterocycles. The summed E-state index contributed by atoms with van der Waals surface area (Å²) in [5.41, 5.74) is 3.05. The van der Waals surface area contributed by atoms with Crippen LogP contribution in [0.4, 0.5) is 0 Å². The van der Waals surface area contributed by atoms with Crippen molar-refractivity contribution in [2.24, 2.45) is 29.1 Å². The molecule has 3 aliphatic rings. The van der Waals surface area contributed by atoms with Gasteiger partial charge in [0.25, 0.3) is 0 Å². The normalized spacial score (nSPS) is 40.4. The van der Waals surface area contributed by atoms with E-state index in [1.807, 2.05) is 6.92 Å². The minimum Gasteiger partial charge on any atom is -0.466 e. The van der Waals surface area contributed by atoms with Crippen LogP contribution in [0.15, 0.2) is 23.3 Å². The van der Waals surface area contributed by atoms with Gasteiger partial charge in [-0.3, -0.25) is 4.79 Å². The lowest BCUT2D eigenvalue weighted by Gasteiger charge is -2.44. The van der Waals surface area contributed by atoms with Crippen LogP contribution in [0.5, 0.6) is 0 Å². The van der Waals surface area contributed by atoms with Gasteiger partial charge >= 0.3 is 5.97 Å². The Morgan fingerprint density at radius 2 is 2.00 bits per heavy atom. The number of hydrogen-bond acceptors (Lipinski definition) is 4. The van der Waals surface area contributed by atoms with Crippen molar-refractivity contribution in [3.05, 3.63) is 23.3 Å². The molecule has 0 aliphatic heterocycles. The number of rotatable bonds is 6. The summed E-state index contributed by atoms with van der Waals surface area (Å²) in [6.45, 7) is 9.21. The van der Waals surface area contributed by atoms with Gasteiger partial charge in [-0.25, -0.2) is 0 Å². The lowest BCUT2D eigenvalue weighted by molar-refractivity contribution is -0.143. The third kappa shape index (κ3) is 5.02. The van der Waals surface area contributed by atoms with Crippen LogP contribution in [0, 0.1) is 29.1 Å². The summed E-state index contributed by atoms with van der Waals surface area (Å²) in [5.74, 6) is 1.87. The molecule has 0 bridgehead atoms. The number of carbonyl (C=O) groups is 1. The van der Waals surface area contributed by atoms with Crippen molar-refractivity contribution in [3.8, 4) is 0 Å². The maximum absolute atomic E-state index is 11.8. The zero-order valence-corrected chi connectivity index (χ0v) is 19.4. The molecule has 170 valence electrons. The fraction of sp³-hybridized carbons (Fsp3) is 0.808. The van der Waals surface area contributed by atoms with Gasteiger partial charge in [0.05, 0.1) is 18.8 Å². The SMILES string of the molecule is CCOC(=O)CC[C@@H](C)[C@H]1CC[C@H]2/C(=C/C=C3/C[C@@H](O)C[C@H](O)[C@@H]3C)CCC[C@]12C. The molecule has 3 fully saturated rings. The van der Waals surface area contributed by atoms with Crippen LogP contribution in [-0.4, -0.2) is 35.0 Å². The molecule has 7 atom stereocenters. The minimum atomic E-state index is -0.439. The van der Waals surface area contributed by atoms with Gasteiger partial charge < -0.3 is 14.9 Å². The quantitative estimate of drug-likeness (QED) is 0.583. The molecule has 2 N–H and O–H groups in total. The van der Waals surface area contributed by atoms with E-state index in [1.165, 1.54) is 31.3 Å². The Hall–Kier alpha value is -1.13. The highest BCUT2D eigenvalue weighted by atomic mass is 16.5. The van der Waals surface area contributed by atoms with E-state index in [1.54, 1.807) is 5.57 Å². The maximum atomic E-state index is 11.8. The molecule has 4 nitrogen and oxygen atoms in total. The van der Waals surface area contributed by atoms with Crippen LogP contribution in [0.1, 0.15) is 85.5 Å². The third-order valence-corrected chi connectivity index (χ3v) is 8.49. The fourth-order valence-electron chi connectivity index (χ4n) is 6.70. The third-order valence-electron chi connectivity index (χ3n) is 8.49. The van der Waals surface area contributed by atoms with Gasteiger partial charge in [-0.2, -0.15) is 0 Å². The van der Waals surface area contributed by atoms with Crippen molar-refractivity contribution >= 4 is 5.97 Å². The molecular formula is C26H42O4. The number of carbonyl (C=O) groups excluding carboxylic acids is 1. The number of aliphatic hydroxyl groups is 2. The van der Waals surface area contributed by atoms with Crippen molar-refractivity contribution < 1.29 is 19.7 Å². The van der Waals surface area contributed by atoms with Crippen LogP contribution in [0.2, 0.25) is 0 Å². The summed E-state index contributed by atoms with van der Waals surface area (Å²) in [5, 5.41) is 20.3. The lowest BCUT2D eigenvalue weighted by Crippen LogP contribution is -2.36. The van der Waals surface area contributed by atoms with E-state index in [0.29, 0.717) is 49.0 Å². The summed E-state index contributed by atoms with van der Waals surface area (Å²) in [6.07, 6.45) is 12.4. The summed E-state index contributed by atoms with van der Waals surface area (Å²) in [6, 6.07) is 0. The summed E-state index contributed by atoms with van der Waals surface area (Å²) >= 11 is 0. The Kier molecular flexibility index (Phi) is 7.84. The van der Waals surface area contributed by atoms with E-state index >= 15 is 0 Å². The molecule has 0 spiro atoms. The van der Waals surface area contributed by atoms with Gasteiger partial charge in [-0.1, -0.05) is 44.1 Å². The highest BCUT2D eigenvalue weighted by Crippen LogP contribution is 2.59. The average molecular weight is 419 g/mol. The predicted octanol–water partition coefficient (Wildman–Crippen LogP) is 5.19. The van der Waals surface area contributed by atoms with Crippen molar-refractivity contribution in [2.75, 3.05) is 6.61 Å². The second kappa shape index (κ2) is 9.99. The molecule has 0 saturated heterocycles. The number of allylic oxidation sites excluding steroid dienone is 3. The summed E-state index contributed by atoms with van der Waals surface area (Å²) in [4.78, 5) is 11.8. The molecule has 3 aliphatic carbocycles. The highest BCUT2D eigenvalue weighted by molar-refractivity contribution is 5.69. The topological polar surface area (TPSA) is 66.8 Å². The van der Waals surface area contributed by atoms with Gasteiger partial charge in [-0.05, 0) is 75.0 Å². The molecule has 3 rings (SSSR count). The van der Waals surface area contributed by atoms with Gasteiger partial charge in [0, 0.05) is 18.8 Å². The molecule has 0 aromatic carbocycles. The van der Waals surface area contributed by atoms with E-state index in [2.05, 4.69) is 32.9 Å². The Morgan fingerprint density at radius 1 is 1.27 bits per heavy atom. The molecule has 4 heteroatoms. The molecule has 0 aromatic heterocycles.